The molecule has 7 nitrogen and oxygen atoms in total. The van der Waals surface area contributed by atoms with Crippen molar-refractivity contribution in [2.75, 3.05) is 6.61 Å². The fourth-order valence-electron chi connectivity index (χ4n) is 4.77. The maximum atomic E-state index is 12.6. The molecule has 0 spiro atoms. The summed E-state index contributed by atoms with van der Waals surface area (Å²) in [5.41, 5.74) is 4.59. The van der Waals surface area contributed by atoms with Gasteiger partial charge in [-0.25, -0.2) is 9.59 Å². The lowest BCUT2D eigenvalue weighted by molar-refractivity contribution is -0.142. The number of nitrogens with one attached hydrogen (secondary N) is 2. The first-order valence-corrected chi connectivity index (χ1v) is 12.1. The van der Waals surface area contributed by atoms with Gasteiger partial charge in [0, 0.05) is 18.4 Å². The first-order chi connectivity index (χ1) is 16.5. The Kier molecular flexibility index (Phi) is 7.50. The summed E-state index contributed by atoms with van der Waals surface area (Å²) in [5, 5.41) is 14.8. The van der Waals surface area contributed by atoms with Crippen LogP contribution in [0.5, 0.6) is 0 Å². The van der Waals surface area contributed by atoms with Crippen molar-refractivity contribution in [1.29, 1.82) is 0 Å². The van der Waals surface area contributed by atoms with Gasteiger partial charge in [0.2, 0.25) is 5.91 Å². The number of alkyl carbamates (subject to hydrolysis) is 1. The molecule has 1 fully saturated rings. The first-order valence-electron chi connectivity index (χ1n) is 12.1. The van der Waals surface area contributed by atoms with Crippen LogP contribution in [0.3, 0.4) is 0 Å². The van der Waals surface area contributed by atoms with Gasteiger partial charge >= 0.3 is 12.1 Å². The Balaban J connectivity index is 1.32. The predicted molar refractivity (Wildman–Crippen MR) is 128 cm³/mol. The van der Waals surface area contributed by atoms with Gasteiger partial charge in [-0.05, 0) is 41.0 Å². The van der Waals surface area contributed by atoms with E-state index in [0.717, 1.165) is 41.5 Å². The summed E-state index contributed by atoms with van der Waals surface area (Å²) >= 11 is 0. The van der Waals surface area contributed by atoms with E-state index in [9.17, 15) is 19.5 Å². The molecule has 1 saturated carbocycles. The highest BCUT2D eigenvalue weighted by molar-refractivity contribution is 5.84. The number of carbonyl (C=O) groups excluding carboxylic acids is 2. The largest absolute Gasteiger partial charge is 0.480 e. The van der Waals surface area contributed by atoms with Crippen LogP contribution < -0.4 is 10.6 Å². The standard InChI is InChI=1S/C27H32N2O5/c1-2-7-18(15-25(30)29-24(26(31)32)14-17-12-13-17)28-27(33)34-16-23-21-10-5-3-8-19(21)20-9-4-6-11-22(20)23/h3-6,8-11,17-18,23-24H,2,7,12-16H2,1H3,(H,28,33)(H,29,30)(H,31,32)/t18-,24-/m0/s1. The number of carbonyl (C=O) groups is 3. The molecule has 0 saturated heterocycles. The third-order valence-corrected chi connectivity index (χ3v) is 6.63. The van der Waals surface area contributed by atoms with Gasteiger partial charge in [-0.1, -0.05) is 74.7 Å². The van der Waals surface area contributed by atoms with Crippen LogP contribution in [-0.2, 0) is 14.3 Å². The zero-order valence-corrected chi connectivity index (χ0v) is 19.5. The second-order valence-corrected chi connectivity index (χ2v) is 9.30. The third kappa shape index (κ3) is 5.76. The molecular weight excluding hydrogens is 432 g/mol. The lowest BCUT2D eigenvalue weighted by Crippen LogP contribution is -2.45. The Morgan fingerprint density at radius 1 is 1.00 bits per heavy atom. The van der Waals surface area contributed by atoms with Crippen molar-refractivity contribution in [2.45, 2.75) is 63.5 Å². The molecule has 0 bridgehead atoms. The van der Waals surface area contributed by atoms with E-state index in [2.05, 4.69) is 34.9 Å². The molecule has 2 amide bonds. The van der Waals surface area contributed by atoms with Gasteiger partial charge in [0.15, 0.2) is 0 Å². The minimum atomic E-state index is -1.02. The maximum Gasteiger partial charge on any atom is 0.407 e. The van der Waals surface area contributed by atoms with E-state index in [1.165, 1.54) is 0 Å². The zero-order valence-electron chi connectivity index (χ0n) is 19.5. The van der Waals surface area contributed by atoms with E-state index < -0.39 is 24.1 Å². The smallest absolute Gasteiger partial charge is 0.407 e. The molecule has 0 aliphatic heterocycles. The Hall–Kier alpha value is -3.35. The normalized spacial score (nSPS) is 16.1. The molecule has 0 heterocycles. The minimum Gasteiger partial charge on any atom is -0.480 e. The summed E-state index contributed by atoms with van der Waals surface area (Å²) in [6.07, 6.45) is 3.31. The molecular formula is C27H32N2O5. The number of aliphatic carboxylic acids is 1. The number of hydrogen-bond acceptors (Lipinski definition) is 4. The van der Waals surface area contributed by atoms with E-state index in [0.29, 0.717) is 18.8 Å². The van der Waals surface area contributed by atoms with Crippen LogP contribution in [-0.4, -0.2) is 41.8 Å². The highest BCUT2D eigenvalue weighted by Gasteiger charge is 2.31. The average molecular weight is 465 g/mol. The molecule has 2 aliphatic carbocycles. The molecule has 2 aromatic carbocycles. The highest BCUT2D eigenvalue weighted by Crippen LogP contribution is 2.44. The quantitative estimate of drug-likeness (QED) is 0.456. The predicted octanol–water partition coefficient (Wildman–Crippen LogP) is 4.45. The van der Waals surface area contributed by atoms with Gasteiger partial charge in [0.25, 0.3) is 0 Å². The monoisotopic (exact) mass is 464 g/mol. The van der Waals surface area contributed by atoms with Crippen LogP contribution >= 0.6 is 0 Å². The van der Waals surface area contributed by atoms with Gasteiger partial charge < -0.3 is 20.5 Å². The van der Waals surface area contributed by atoms with Crippen molar-refractivity contribution < 1.29 is 24.2 Å². The number of rotatable bonds is 11. The highest BCUT2D eigenvalue weighted by atomic mass is 16.5. The number of amides is 2. The van der Waals surface area contributed by atoms with E-state index in [1.54, 1.807) is 0 Å². The Labute approximate surface area is 199 Å². The number of carboxylic acid groups (broad SMARTS) is 1. The lowest BCUT2D eigenvalue weighted by Gasteiger charge is -2.21. The summed E-state index contributed by atoms with van der Waals surface area (Å²) in [6, 6.07) is 15.0. The van der Waals surface area contributed by atoms with Gasteiger partial charge in [-0.2, -0.15) is 0 Å². The van der Waals surface area contributed by atoms with Crippen molar-refractivity contribution in [3.8, 4) is 11.1 Å². The van der Waals surface area contributed by atoms with Crippen LogP contribution in [0.4, 0.5) is 4.79 Å². The van der Waals surface area contributed by atoms with E-state index in [4.69, 9.17) is 4.74 Å². The zero-order chi connectivity index (χ0) is 24.1. The van der Waals surface area contributed by atoms with Crippen LogP contribution in [0.15, 0.2) is 48.5 Å². The van der Waals surface area contributed by atoms with Crippen LogP contribution in [0.25, 0.3) is 11.1 Å². The maximum absolute atomic E-state index is 12.6. The molecule has 2 aliphatic rings. The van der Waals surface area contributed by atoms with Crippen molar-refractivity contribution in [1.82, 2.24) is 10.6 Å². The van der Waals surface area contributed by atoms with Crippen molar-refractivity contribution >= 4 is 18.0 Å². The number of ether oxygens (including phenoxy) is 1. The average Bonchev–Trinajstić information content (AvgIpc) is 3.58. The van der Waals surface area contributed by atoms with Crippen LogP contribution in [0, 0.1) is 5.92 Å². The molecule has 3 N–H and O–H groups in total. The fourth-order valence-corrected chi connectivity index (χ4v) is 4.77. The van der Waals surface area contributed by atoms with Gasteiger partial charge in [0.1, 0.15) is 12.6 Å². The van der Waals surface area contributed by atoms with Gasteiger partial charge in [-0.15, -0.1) is 0 Å². The van der Waals surface area contributed by atoms with E-state index >= 15 is 0 Å². The topological polar surface area (TPSA) is 105 Å². The summed E-state index contributed by atoms with van der Waals surface area (Å²) < 4.78 is 5.60. The number of carboxylic acids is 1. The van der Waals surface area contributed by atoms with Gasteiger partial charge in [0.05, 0.1) is 0 Å². The van der Waals surface area contributed by atoms with Crippen LogP contribution in [0.2, 0.25) is 0 Å². The second-order valence-electron chi connectivity index (χ2n) is 9.30. The SMILES string of the molecule is CCC[C@@H](CC(=O)N[C@@H](CC1CC1)C(=O)O)NC(=O)OCC1c2ccccc2-c2ccccc21. The Morgan fingerprint density at radius 2 is 1.62 bits per heavy atom. The Bertz CT molecular complexity index is 1000. The molecule has 2 aromatic rings. The number of hydrogen-bond donors (Lipinski definition) is 3. The minimum absolute atomic E-state index is 0.0203. The lowest BCUT2D eigenvalue weighted by atomic mass is 9.98. The molecule has 0 aromatic heterocycles. The van der Waals surface area contributed by atoms with Crippen molar-refractivity contribution in [3.05, 3.63) is 59.7 Å². The molecule has 2 atom stereocenters. The molecule has 0 radical (unpaired) electrons. The molecule has 4 rings (SSSR count). The van der Waals surface area contributed by atoms with Gasteiger partial charge in [-0.3, -0.25) is 4.79 Å². The van der Waals surface area contributed by atoms with E-state index in [1.807, 2.05) is 31.2 Å². The molecule has 180 valence electrons. The van der Waals surface area contributed by atoms with Crippen molar-refractivity contribution in [3.63, 3.8) is 0 Å². The van der Waals surface area contributed by atoms with Crippen molar-refractivity contribution in [2.24, 2.45) is 5.92 Å². The number of benzene rings is 2. The fraction of sp³-hybridized carbons (Fsp3) is 0.444. The third-order valence-electron chi connectivity index (χ3n) is 6.63. The first kappa shape index (κ1) is 23.8. The summed E-state index contributed by atoms with van der Waals surface area (Å²) in [7, 11) is 0. The molecule has 34 heavy (non-hydrogen) atoms. The molecule has 7 heteroatoms. The van der Waals surface area contributed by atoms with Crippen LogP contribution in [0.1, 0.15) is 62.5 Å². The summed E-state index contributed by atoms with van der Waals surface area (Å²) in [5.74, 6) is -1.04. The second kappa shape index (κ2) is 10.7. The summed E-state index contributed by atoms with van der Waals surface area (Å²) in [6.45, 7) is 2.17. The van der Waals surface area contributed by atoms with E-state index in [-0.39, 0.29) is 24.9 Å². The molecule has 0 unspecified atom stereocenters. The Morgan fingerprint density at radius 3 is 2.18 bits per heavy atom. The summed E-state index contributed by atoms with van der Waals surface area (Å²) in [4.78, 5) is 36.6. The number of fused-ring (bicyclic) bond motifs is 3.